The maximum Gasteiger partial charge on any atom is 0.222 e. The molecule has 1 aromatic heterocycles. The molecule has 0 spiro atoms. The van der Waals surface area contributed by atoms with Crippen molar-refractivity contribution >= 4 is 17.5 Å². The SMILES string of the molecule is CC.Cc1ccc(Nc2cc(CN(C)Cc3ccc(C#N)cc3)nc(N)n2)cc1. The van der Waals surface area contributed by atoms with Crippen LogP contribution in [-0.2, 0) is 13.1 Å². The van der Waals surface area contributed by atoms with Crippen molar-refractivity contribution in [3.63, 3.8) is 0 Å². The Bertz CT molecular complexity index is 943. The van der Waals surface area contributed by atoms with E-state index in [1.807, 2.05) is 82.4 Å². The van der Waals surface area contributed by atoms with Crippen LogP contribution in [-0.4, -0.2) is 21.9 Å². The van der Waals surface area contributed by atoms with Crippen LogP contribution in [0.4, 0.5) is 17.5 Å². The fourth-order valence-electron chi connectivity index (χ4n) is 2.78. The third-order valence-corrected chi connectivity index (χ3v) is 4.09. The summed E-state index contributed by atoms with van der Waals surface area (Å²) in [6.45, 7) is 7.43. The molecule has 0 aliphatic rings. The van der Waals surface area contributed by atoms with Gasteiger partial charge < -0.3 is 11.1 Å². The molecule has 6 heteroatoms. The average Bonchev–Trinajstić information content (AvgIpc) is 2.71. The minimum absolute atomic E-state index is 0.244. The first-order valence-electron chi connectivity index (χ1n) is 9.66. The van der Waals surface area contributed by atoms with Gasteiger partial charge in [-0.15, -0.1) is 0 Å². The zero-order valence-electron chi connectivity index (χ0n) is 17.5. The molecule has 0 amide bonds. The van der Waals surface area contributed by atoms with Gasteiger partial charge in [0.05, 0.1) is 17.3 Å². The number of hydrogen-bond donors (Lipinski definition) is 2. The number of aromatic nitrogens is 2. The highest BCUT2D eigenvalue weighted by Gasteiger charge is 2.07. The van der Waals surface area contributed by atoms with Gasteiger partial charge in [0.2, 0.25) is 5.95 Å². The highest BCUT2D eigenvalue weighted by molar-refractivity contribution is 5.57. The zero-order valence-corrected chi connectivity index (χ0v) is 17.5. The Balaban J connectivity index is 0.00000145. The molecule has 2 aromatic carbocycles. The lowest BCUT2D eigenvalue weighted by Crippen LogP contribution is -2.18. The van der Waals surface area contributed by atoms with Crippen LogP contribution >= 0.6 is 0 Å². The Labute approximate surface area is 173 Å². The van der Waals surface area contributed by atoms with E-state index in [9.17, 15) is 0 Å². The lowest BCUT2D eigenvalue weighted by atomic mass is 10.1. The molecule has 0 unspecified atom stereocenters. The van der Waals surface area contributed by atoms with Gasteiger partial charge in [0.15, 0.2) is 0 Å². The molecule has 0 atom stereocenters. The van der Waals surface area contributed by atoms with E-state index in [0.717, 1.165) is 23.5 Å². The Morgan fingerprint density at radius 2 is 1.66 bits per heavy atom. The molecule has 3 aromatic rings. The second-order valence-corrected chi connectivity index (χ2v) is 6.57. The van der Waals surface area contributed by atoms with Crippen LogP contribution in [0.5, 0.6) is 0 Å². The molecule has 0 fully saturated rings. The van der Waals surface area contributed by atoms with Gasteiger partial charge in [-0.05, 0) is 43.8 Å². The normalized spacial score (nSPS) is 10.1. The first kappa shape index (κ1) is 21.9. The molecule has 0 radical (unpaired) electrons. The molecule has 0 saturated carbocycles. The van der Waals surface area contributed by atoms with E-state index >= 15 is 0 Å². The number of nitrogens with zero attached hydrogens (tertiary/aromatic N) is 4. The molecule has 1 heterocycles. The average molecular weight is 389 g/mol. The minimum atomic E-state index is 0.244. The van der Waals surface area contributed by atoms with Gasteiger partial charge in [-0.2, -0.15) is 10.2 Å². The van der Waals surface area contributed by atoms with Crippen LogP contribution in [0.25, 0.3) is 0 Å². The summed E-state index contributed by atoms with van der Waals surface area (Å²) in [4.78, 5) is 10.7. The fourth-order valence-corrected chi connectivity index (χ4v) is 2.78. The van der Waals surface area contributed by atoms with Gasteiger partial charge in [-0.3, -0.25) is 4.90 Å². The van der Waals surface area contributed by atoms with E-state index in [4.69, 9.17) is 11.0 Å². The smallest absolute Gasteiger partial charge is 0.222 e. The molecule has 0 bridgehead atoms. The molecule has 0 saturated heterocycles. The molecule has 0 aliphatic carbocycles. The summed E-state index contributed by atoms with van der Waals surface area (Å²) in [5.41, 5.74) is 10.7. The molecule has 150 valence electrons. The van der Waals surface area contributed by atoms with Crippen LogP contribution in [0.2, 0.25) is 0 Å². The summed E-state index contributed by atoms with van der Waals surface area (Å²) in [5.74, 6) is 0.919. The Morgan fingerprint density at radius 1 is 1.00 bits per heavy atom. The van der Waals surface area contributed by atoms with Gasteiger partial charge >= 0.3 is 0 Å². The van der Waals surface area contributed by atoms with E-state index in [1.165, 1.54) is 5.56 Å². The van der Waals surface area contributed by atoms with Crippen molar-refractivity contribution < 1.29 is 0 Å². The third-order valence-electron chi connectivity index (χ3n) is 4.09. The summed E-state index contributed by atoms with van der Waals surface area (Å²) < 4.78 is 0. The Hall–Kier alpha value is -3.43. The van der Waals surface area contributed by atoms with Crippen molar-refractivity contribution in [2.45, 2.75) is 33.9 Å². The molecule has 0 aliphatic heterocycles. The van der Waals surface area contributed by atoms with Gasteiger partial charge in [0.1, 0.15) is 5.82 Å². The number of aryl methyl sites for hydroxylation is 1. The highest BCUT2D eigenvalue weighted by atomic mass is 15.1. The van der Waals surface area contributed by atoms with E-state index in [0.29, 0.717) is 17.9 Å². The number of hydrogen-bond acceptors (Lipinski definition) is 6. The summed E-state index contributed by atoms with van der Waals surface area (Å²) in [6, 6.07) is 19.7. The predicted molar refractivity (Wildman–Crippen MR) is 119 cm³/mol. The topological polar surface area (TPSA) is 90.9 Å². The van der Waals surface area contributed by atoms with E-state index in [2.05, 4.69) is 26.3 Å². The predicted octanol–water partition coefficient (Wildman–Crippen LogP) is 4.64. The van der Waals surface area contributed by atoms with Crippen LogP contribution in [0.3, 0.4) is 0 Å². The first-order valence-corrected chi connectivity index (χ1v) is 9.66. The molecular weight excluding hydrogens is 360 g/mol. The Morgan fingerprint density at radius 3 is 2.28 bits per heavy atom. The minimum Gasteiger partial charge on any atom is -0.368 e. The summed E-state index contributed by atoms with van der Waals surface area (Å²) >= 11 is 0. The maximum absolute atomic E-state index is 8.88. The van der Waals surface area contributed by atoms with Crippen molar-refractivity contribution in [2.75, 3.05) is 18.1 Å². The van der Waals surface area contributed by atoms with Gasteiger partial charge in [-0.1, -0.05) is 43.7 Å². The maximum atomic E-state index is 8.88. The lowest BCUT2D eigenvalue weighted by molar-refractivity contribution is 0.315. The number of rotatable bonds is 6. The number of nitrogens with one attached hydrogen (secondary N) is 1. The van der Waals surface area contributed by atoms with Crippen LogP contribution in [0.1, 0.15) is 36.2 Å². The van der Waals surface area contributed by atoms with Crippen molar-refractivity contribution in [3.05, 3.63) is 77.0 Å². The standard InChI is InChI=1S/C21H22N6.C2H6/c1-15-3-9-18(10-4-15)24-20-11-19(25-21(23)26-20)14-27(2)13-17-7-5-16(12-22)6-8-17;1-2/h3-11H,13-14H2,1-2H3,(H3,23,24,25,26);1-2H3. The number of nitrogens with two attached hydrogens (primary N) is 1. The second kappa shape index (κ2) is 10.8. The summed E-state index contributed by atoms with van der Waals surface area (Å²) in [6.07, 6.45) is 0. The van der Waals surface area contributed by atoms with Crippen LogP contribution in [0, 0.1) is 18.3 Å². The van der Waals surface area contributed by atoms with Crippen molar-refractivity contribution in [2.24, 2.45) is 0 Å². The van der Waals surface area contributed by atoms with E-state index in [1.54, 1.807) is 0 Å². The number of nitriles is 1. The van der Waals surface area contributed by atoms with Gasteiger partial charge in [-0.25, -0.2) is 4.98 Å². The van der Waals surface area contributed by atoms with Gasteiger partial charge in [0.25, 0.3) is 0 Å². The quantitative estimate of drug-likeness (QED) is 0.639. The fraction of sp³-hybridized carbons (Fsp3) is 0.261. The second-order valence-electron chi connectivity index (χ2n) is 6.57. The lowest BCUT2D eigenvalue weighted by Gasteiger charge is -2.17. The first-order chi connectivity index (χ1) is 14.0. The van der Waals surface area contributed by atoms with Crippen molar-refractivity contribution in [1.82, 2.24) is 14.9 Å². The number of benzene rings is 2. The molecule has 3 N–H and O–H groups in total. The van der Waals surface area contributed by atoms with Crippen molar-refractivity contribution in [3.8, 4) is 6.07 Å². The van der Waals surface area contributed by atoms with Crippen LogP contribution in [0.15, 0.2) is 54.6 Å². The van der Waals surface area contributed by atoms with Gasteiger partial charge in [0, 0.05) is 24.8 Å². The monoisotopic (exact) mass is 388 g/mol. The number of nitrogen functional groups attached to an aromatic ring is 1. The Kier molecular flexibility index (Phi) is 8.13. The van der Waals surface area contributed by atoms with Crippen molar-refractivity contribution in [1.29, 1.82) is 5.26 Å². The van der Waals surface area contributed by atoms with E-state index in [-0.39, 0.29) is 5.95 Å². The highest BCUT2D eigenvalue weighted by Crippen LogP contribution is 2.18. The zero-order chi connectivity index (χ0) is 21.2. The molecule has 3 rings (SSSR count). The number of anilines is 3. The third kappa shape index (κ3) is 6.91. The van der Waals surface area contributed by atoms with E-state index < -0.39 is 0 Å². The largest absolute Gasteiger partial charge is 0.368 e. The molecule has 29 heavy (non-hydrogen) atoms. The van der Waals surface area contributed by atoms with Crippen LogP contribution < -0.4 is 11.1 Å². The summed E-state index contributed by atoms with van der Waals surface area (Å²) in [7, 11) is 2.02. The molecular formula is C23H28N6. The summed E-state index contributed by atoms with van der Waals surface area (Å²) in [5, 5.41) is 12.2. The molecule has 6 nitrogen and oxygen atoms in total.